The van der Waals surface area contributed by atoms with Crippen molar-refractivity contribution in [3.8, 4) is 0 Å². The van der Waals surface area contributed by atoms with Gasteiger partial charge < -0.3 is 10.0 Å². The van der Waals surface area contributed by atoms with Gasteiger partial charge in [0.2, 0.25) is 11.7 Å². The first-order valence-electron chi connectivity index (χ1n) is 9.46. The molecule has 0 aliphatic heterocycles. The molecule has 158 valence electrons. The molecule has 7 heteroatoms. The summed E-state index contributed by atoms with van der Waals surface area (Å²) in [7, 11) is 0. The molecule has 5 nitrogen and oxygen atoms in total. The third-order valence-corrected chi connectivity index (χ3v) is 4.68. The number of benzene rings is 3. The van der Waals surface area contributed by atoms with Crippen LogP contribution >= 0.6 is 0 Å². The van der Waals surface area contributed by atoms with E-state index in [2.05, 4.69) is 0 Å². The van der Waals surface area contributed by atoms with Crippen molar-refractivity contribution in [1.29, 1.82) is 0 Å². The molecular weight excluding hydrogens is 404 g/mol. The van der Waals surface area contributed by atoms with Crippen LogP contribution in [0.4, 0.5) is 8.78 Å². The summed E-state index contributed by atoms with van der Waals surface area (Å²) in [5, 5.41) is 10.8. The van der Waals surface area contributed by atoms with E-state index in [-0.39, 0.29) is 18.7 Å². The molecule has 31 heavy (non-hydrogen) atoms. The third kappa shape index (κ3) is 5.82. The molecule has 0 saturated carbocycles. The molecule has 1 N–H and O–H groups in total. The predicted octanol–water partition coefficient (Wildman–Crippen LogP) is 4.20. The summed E-state index contributed by atoms with van der Waals surface area (Å²) >= 11 is 0. The Hall–Kier alpha value is -3.87. The van der Waals surface area contributed by atoms with E-state index in [0.717, 1.165) is 28.5 Å². The van der Waals surface area contributed by atoms with Crippen molar-refractivity contribution in [2.45, 2.75) is 13.0 Å². The van der Waals surface area contributed by atoms with Crippen molar-refractivity contribution in [2.75, 3.05) is 6.54 Å². The van der Waals surface area contributed by atoms with E-state index in [1.807, 2.05) is 42.5 Å². The Bertz CT molecular complexity index is 1170. The van der Waals surface area contributed by atoms with Gasteiger partial charge in [-0.3, -0.25) is 9.59 Å². The number of rotatable bonds is 8. The third-order valence-electron chi connectivity index (χ3n) is 4.68. The molecule has 0 saturated heterocycles. The second kappa shape index (κ2) is 9.75. The highest BCUT2D eigenvalue weighted by atomic mass is 19.1. The average Bonchev–Trinajstić information content (AvgIpc) is 2.74. The van der Waals surface area contributed by atoms with Gasteiger partial charge in [-0.05, 0) is 34.5 Å². The molecule has 0 aliphatic carbocycles. The first kappa shape index (κ1) is 21.8. The molecule has 1 amide bonds. The fourth-order valence-corrected chi connectivity index (χ4v) is 3.08. The number of amides is 1. The number of carbonyl (C=O) groups is 3. The van der Waals surface area contributed by atoms with Crippen molar-refractivity contribution in [3.63, 3.8) is 0 Å². The van der Waals surface area contributed by atoms with Crippen LogP contribution < -0.4 is 0 Å². The number of carboxylic acid groups (broad SMARTS) is 1. The molecule has 0 radical (unpaired) electrons. The van der Waals surface area contributed by atoms with Crippen LogP contribution in [-0.4, -0.2) is 34.2 Å². The minimum Gasteiger partial charge on any atom is -0.475 e. The Balaban J connectivity index is 1.80. The second-order valence-corrected chi connectivity index (χ2v) is 6.93. The summed E-state index contributed by atoms with van der Waals surface area (Å²) in [4.78, 5) is 36.2. The molecule has 0 fully saturated rings. The van der Waals surface area contributed by atoms with E-state index < -0.39 is 35.7 Å². The van der Waals surface area contributed by atoms with Crippen LogP contribution in [0.25, 0.3) is 16.8 Å². The first-order valence-corrected chi connectivity index (χ1v) is 9.46. The van der Waals surface area contributed by atoms with E-state index in [0.29, 0.717) is 0 Å². The highest BCUT2D eigenvalue weighted by Crippen LogP contribution is 2.18. The van der Waals surface area contributed by atoms with Gasteiger partial charge in [0.1, 0.15) is 11.6 Å². The molecule has 0 bridgehead atoms. The van der Waals surface area contributed by atoms with E-state index in [1.165, 1.54) is 23.1 Å². The van der Waals surface area contributed by atoms with Gasteiger partial charge >= 0.3 is 5.97 Å². The van der Waals surface area contributed by atoms with Crippen LogP contribution in [-0.2, 0) is 20.9 Å². The van der Waals surface area contributed by atoms with Gasteiger partial charge in [-0.2, -0.15) is 0 Å². The molecule has 3 aromatic rings. The quantitative estimate of drug-likeness (QED) is 0.435. The summed E-state index contributed by atoms with van der Waals surface area (Å²) in [5.41, 5.74) is 0.928. The summed E-state index contributed by atoms with van der Waals surface area (Å²) < 4.78 is 26.9. The molecule has 3 rings (SSSR count). The zero-order valence-corrected chi connectivity index (χ0v) is 16.4. The Morgan fingerprint density at radius 1 is 0.935 bits per heavy atom. The Labute approximate surface area is 177 Å². The molecule has 0 spiro atoms. The molecule has 0 aliphatic rings. The van der Waals surface area contributed by atoms with Crippen LogP contribution in [0.15, 0.2) is 66.7 Å². The Kier molecular flexibility index (Phi) is 6.87. The van der Waals surface area contributed by atoms with Crippen LogP contribution in [0.5, 0.6) is 0 Å². The maximum Gasteiger partial charge on any atom is 0.372 e. The molecular formula is C24H19F2NO4. The van der Waals surface area contributed by atoms with Gasteiger partial charge in [-0.15, -0.1) is 0 Å². The number of aliphatic carboxylic acids is 1. The topological polar surface area (TPSA) is 74.7 Å². The van der Waals surface area contributed by atoms with Crippen LogP contribution in [0.2, 0.25) is 0 Å². The number of carbonyl (C=O) groups excluding carboxylic acids is 2. The number of nitrogens with zero attached hydrogens (tertiary/aromatic N) is 1. The summed E-state index contributed by atoms with van der Waals surface area (Å²) in [5.74, 6) is -4.99. The zero-order valence-electron chi connectivity index (χ0n) is 16.4. The van der Waals surface area contributed by atoms with Gasteiger partial charge in [0.15, 0.2) is 0 Å². The minimum absolute atomic E-state index is 0.00930. The van der Waals surface area contributed by atoms with Gasteiger partial charge in [-0.25, -0.2) is 13.6 Å². The molecule has 0 aromatic heterocycles. The number of carboxylic acids is 1. The van der Waals surface area contributed by atoms with Gasteiger partial charge in [-0.1, -0.05) is 48.6 Å². The Morgan fingerprint density at radius 3 is 2.39 bits per heavy atom. The van der Waals surface area contributed by atoms with Crippen molar-refractivity contribution >= 4 is 34.5 Å². The summed E-state index contributed by atoms with van der Waals surface area (Å²) in [6.07, 6.45) is 2.12. The SMILES string of the molecule is O=C(O)C(=O)CC(=O)N(C/C=C/c1ccc(F)cc1F)Cc1ccc2ccccc2c1. The highest BCUT2D eigenvalue weighted by molar-refractivity contribution is 6.36. The number of hydrogen-bond donors (Lipinski definition) is 1. The lowest BCUT2D eigenvalue weighted by atomic mass is 10.1. The first-order chi connectivity index (χ1) is 14.8. The highest BCUT2D eigenvalue weighted by Gasteiger charge is 2.21. The number of hydrogen-bond acceptors (Lipinski definition) is 3. The molecule has 0 unspecified atom stereocenters. The van der Waals surface area contributed by atoms with Crippen LogP contribution in [0, 0.1) is 11.6 Å². The average molecular weight is 423 g/mol. The number of halogens is 2. The smallest absolute Gasteiger partial charge is 0.372 e. The van der Waals surface area contributed by atoms with E-state index >= 15 is 0 Å². The summed E-state index contributed by atoms with van der Waals surface area (Å²) in [6.45, 7) is 0.141. The van der Waals surface area contributed by atoms with Crippen molar-refractivity contribution in [2.24, 2.45) is 0 Å². The van der Waals surface area contributed by atoms with Crippen LogP contribution in [0.1, 0.15) is 17.5 Å². The standard InChI is InChI=1S/C24H19F2NO4/c25-20-10-9-18(21(26)13-20)6-3-11-27(23(29)14-22(28)24(30)31)15-16-7-8-17-4-1-2-5-19(17)12-16/h1-10,12-13H,11,14-15H2,(H,30,31)/b6-3+. The lowest BCUT2D eigenvalue weighted by Crippen LogP contribution is -2.33. The lowest BCUT2D eigenvalue weighted by Gasteiger charge is -2.21. The van der Waals surface area contributed by atoms with Crippen molar-refractivity contribution in [3.05, 3.63) is 89.5 Å². The van der Waals surface area contributed by atoms with Crippen molar-refractivity contribution < 1.29 is 28.3 Å². The summed E-state index contributed by atoms with van der Waals surface area (Å²) in [6, 6.07) is 16.5. The number of Topliss-reactive ketones (excluding diaryl/α,β-unsaturated/α-hetero) is 1. The maximum atomic E-state index is 13.8. The second-order valence-electron chi connectivity index (χ2n) is 6.93. The largest absolute Gasteiger partial charge is 0.475 e. The molecule has 0 heterocycles. The number of ketones is 1. The lowest BCUT2D eigenvalue weighted by molar-refractivity contribution is -0.151. The fourth-order valence-electron chi connectivity index (χ4n) is 3.08. The van der Waals surface area contributed by atoms with Gasteiger partial charge in [0.05, 0.1) is 6.42 Å². The fraction of sp³-hybridized carbons (Fsp3) is 0.125. The normalized spacial score (nSPS) is 11.0. The van der Waals surface area contributed by atoms with E-state index in [9.17, 15) is 23.2 Å². The predicted molar refractivity (Wildman–Crippen MR) is 112 cm³/mol. The Morgan fingerprint density at radius 2 is 1.68 bits per heavy atom. The van der Waals surface area contributed by atoms with E-state index in [4.69, 9.17) is 5.11 Å². The monoisotopic (exact) mass is 423 g/mol. The van der Waals surface area contributed by atoms with Gasteiger partial charge in [0.25, 0.3) is 0 Å². The zero-order chi connectivity index (χ0) is 22.4. The maximum absolute atomic E-state index is 13.8. The van der Waals surface area contributed by atoms with Gasteiger partial charge in [0, 0.05) is 24.7 Å². The van der Waals surface area contributed by atoms with Crippen LogP contribution in [0.3, 0.4) is 0 Å². The van der Waals surface area contributed by atoms with E-state index in [1.54, 1.807) is 0 Å². The number of fused-ring (bicyclic) bond motifs is 1. The van der Waals surface area contributed by atoms with Crippen molar-refractivity contribution in [1.82, 2.24) is 4.90 Å². The molecule has 3 aromatic carbocycles. The molecule has 0 atom stereocenters. The minimum atomic E-state index is -1.68.